The number of likely N-dealkylation sites (N-methyl/N-ethyl adjacent to an activating group) is 1. The lowest BCUT2D eigenvalue weighted by atomic mass is 9.90. The van der Waals surface area contributed by atoms with Crippen LogP contribution in [-0.4, -0.2) is 80.7 Å². The Balaban J connectivity index is 2.02. The van der Waals surface area contributed by atoms with Gasteiger partial charge in [0.1, 0.15) is 34.0 Å². The number of fused-ring (bicyclic) bond motifs is 1. The smallest absolute Gasteiger partial charge is 0.419 e. The van der Waals surface area contributed by atoms with E-state index in [4.69, 9.17) is 19.2 Å². The van der Waals surface area contributed by atoms with Gasteiger partial charge in [-0.3, -0.25) is 9.47 Å². The van der Waals surface area contributed by atoms with Gasteiger partial charge in [0.05, 0.1) is 18.4 Å². The Labute approximate surface area is 260 Å². The normalized spacial score (nSPS) is 18.7. The lowest BCUT2D eigenvalue weighted by molar-refractivity contribution is 0.0227. The van der Waals surface area contributed by atoms with Crippen molar-refractivity contribution in [1.82, 2.24) is 19.4 Å². The molecule has 11 heteroatoms. The minimum Gasteiger partial charge on any atom is -0.478 e. The number of carbonyl (C=O) groups is 2. The molecule has 0 radical (unpaired) electrons. The molecule has 3 heterocycles. The van der Waals surface area contributed by atoms with Gasteiger partial charge in [0.15, 0.2) is 5.06 Å². The van der Waals surface area contributed by atoms with E-state index in [1.807, 2.05) is 62.3 Å². The van der Waals surface area contributed by atoms with Gasteiger partial charge in [0.2, 0.25) is 0 Å². The molecule has 0 bridgehead atoms. The zero-order valence-electron chi connectivity index (χ0n) is 28.3. The molecular formula is C32H51FN4O5S. The van der Waals surface area contributed by atoms with E-state index in [1.165, 1.54) is 16.2 Å². The van der Waals surface area contributed by atoms with Crippen molar-refractivity contribution in [2.45, 2.75) is 131 Å². The van der Waals surface area contributed by atoms with Crippen molar-refractivity contribution in [3.05, 3.63) is 33.7 Å². The molecule has 3 rings (SSSR count). The lowest BCUT2D eigenvalue weighted by Crippen LogP contribution is -2.48. The summed E-state index contributed by atoms with van der Waals surface area (Å²) >= 11 is 1.38. The fourth-order valence-electron chi connectivity index (χ4n) is 5.33. The second-order valence-corrected chi connectivity index (χ2v) is 15.3. The summed E-state index contributed by atoms with van der Waals surface area (Å²) in [7, 11) is 1.69. The van der Waals surface area contributed by atoms with Crippen LogP contribution < -0.4 is 4.74 Å². The van der Waals surface area contributed by atoms with Crippen LogP contribution in [0.1, 0.15) is 109 Å². The first-order valence-corrected chi connectivity index (χ1v) is 15.9. The molecule has 0 spiro atoms. The molecule has 0 saturated heterocycles. The van der Waals surface area contributed by atoms with Crippen LogP contribution >= 0.6 is 11.3 Å². The summed E-state index contributed by atoms with van der Waals surface area (Å²) in [5, 5.41) is 1.28. The highest BCUT2D eigenvalue weighted by atomic mass is 32.1. The van der Waals surface area contributed by atoms with Crippen molar-refractivity contribution in [2.75, 3.05) is 20.1 Å². The van der Waals surface area contributed by atoms with E-state index >= 15 is 4.39 Å². The first kappa shape index (κ1) is 34.8. The number of halogens is 1. The maximum absolute atomic E-state index is 15.3. The zero-order chi connectivity index (χ0) is 32.7. The number of thiazole rings is 1. The fourth-order valence-corrected chi connectivity index (χ4v) is 6.29. The molecule has 2 aromatic rings. The minimum atomic E-state index is -1.48. The summed E-state index contributed by atoms with van der Waals surface area (Å²) < 4.78 is 34.6. The molecule has 9 nitrogen and oxygen atoms in total. The summed E-state index contributed by atoms with van der Waals surface area (Å²) in [6, 6.07) is -0.486. The molecule has 1 amide bonds. The second-order valence-electron chi connectivity index (χ2n) is 14.3. The van der Waals surface area contributed by atoms with Gasteiger partial charge in [0, 0.05) is 25.3 Å². The Morgan fingerprint density at radius 2 is 1.72 bits per heavy atom. The average Bonchev–Trinajstić information content (AvgIpc) is 3.38. The largest absolute Gasteiger partial charge is 0.478 e. The van der Waals surface area contributed by atoms with Crippen molar-refractivity contribution in [2.24, 2.45) is 0 Å². The third-order valence-electron chi connectivity index (χ3n) is 7.33. The number of aromatic nitrogens is 2. The highest BCUT2D eigenvalue weighted by Gasteiger charge is 2.43. The van der Waals surface area contributed by atoms with Crippen molar-refractivity contribution in [1.29, 1.82) is 0 Å². The topological polar surface area (TPSA) is 86.1 Å². The molecular weight excluding hydrogens is 571 g/mol. The molecule has 0 N–H and O–H groups in total. The van der Waals surface area contributed by atoms with Crippen LogP contribution in [0.4, 0.5) is 14.0 Å². The number of ether oxygens (including phenoxy) is 3. The van der Waals surface area contributed by atoms with E-state index in [9.17, 15) is 9.59 Å². The average molecular weight is 623 g/mol. The standard InChI is InChI=1S/C32H51FN4O5S/c1-14-22(17-35(13)28(38)41-30(5,6)7)40-24-16-34-27(43-24)26-25-23(15-19(2)36(26)18-32(11,12)33)20(3)21(4)37(25)29(39)42-31(8,9)10/h16,19,22,26H,14-15,17-18H2,1-13H3/t19-,22+,26+/m1/s1. The van der Waals surface area contributed by atoms with Gasteiger partial charge in [0.25, 0.3) is 0 Å². The Kier molecular flexibility index (Phi) is 10.3. The van der Waals surface area contributed by atoms with Gasteiger partial charge in [-0.25, -0.2) is 19.0 Å². The molecule has 0 fully saturated rings. The van der Waals surface area contributed by atoms with Crippen LogP contribution in [0.2, 0.25) is 0 Å². The van der Waals surface area contributed by atoms with Crippen LogP contribution in [0.5, 0.6) is 5.06 Å². The molecule has 0 aliphatic carbocycles. The molecule has 0 saturated carbocycles. The maximum Gasteiger partial charge on any atom is 0.419 e. The SMILES string of the molecule is CC[C@@H](CN(C)C(=O)OC(C)(C)C)Oc1cnc([C@@H]2c3c(c(C)c(C)n3C(=O)OC(C)(C)C)C[C@@H](C)N2CC(C)(C)F)s1. The molecule has 0 unspecified atom stereocenters. The lowest BCUT2D eigenvalue weighted by Gasteiger charge is -2.42. The van der Waals surface area contributed by atoms with Crippen molar-refractivity contribution in [3.8, 4) is 5.06 Å². The van der Waals surface area contributed by atoms with Gasteiger partial charge in [-0.05, 0) is 100 Å². The molecule has 1 aliphatic heterocycles. The monoisotopic (exact) mass is 622 g/mol. The van der Waals surface area contributed by atoms with Crippen LogP contribution in [0, 0.1) is 13.8 Å². The number of nitrogens with zero attached hydrogens (tertiary/aromatic N) is 4. The number of rotatable bonds is 8. The van der Waals surface area contributed by atoms with Crippen molar-refractivity contribution >= 4 is 23.5 Å². The predicted octanol–water partition coefficient (Wildman–Crippen LogP) is 7.45. The minimum absolute atomic E-state index is 0.000696. The first-order valence-electron chi connectivity index (χ1n) is 15.1. The van der Waals surface area contributed by atoms with Crippen LogP contribution in [-0.2, 0) is 15.9 Å². The molecule has 2 aromatic heterocycles. The summed E-state index contributed by atoms with van der Waals surface area (Å²) in [4.78, 5) is 34.5. The van der Waals surface area contributed by atoms with E-state index in [1.54, 1.807) is 31.7 Å². The number of hydrogen-bond acceptors (Lipinski definition) is 8. The molecule has 43 heavy (non-hydrogen) atoms. The summed E-state index contributed by atoms with van der Waals surface area (Å²) in [6.07, 6.45) is 1.84. The van der Waals surface area contributed by atoms with E-state index in [-0.39, 0.29) is 18.7 Å². The van der Waals surface area contributed by atoms with Gasteiger partial charge in [-0.1, -0.05) is 18.3 Å². The summed E-state index contributed by atoms with van der Waals surface area (Å²) in [5.74, 6) is 0. The number of hydrogen-bond donors (Lipinski definition) is 0. The van der Waals surface area contributed by atoms with Gasteiger partial charge in [-0.15, -0.1) is 0 Å². The Hall–Kier alpha value is -2.66. The van der Waals surface area contributed by atoms with Crippen LogP contribution in [0.25, 0.3) is 0 Å². The third kappa shape index (κ3) is 8.71. The highest BCUT2D eigenvalue weighted by molar-refractivity contribution is 7.13. The second kappa shape index (κ2) is 12.8. The summed E-state index contributed by atoms with van der Waals surface area (Å²) in [5.41, 5.74) is 0.915. The van der Waals surface area contributed by atoms with Crippen molar-refractivity contribution in [3.63, 3.8) is 0 Å². The molecule has 3 atom stereocenters. The van der Waals surface area contributed by atoms with Gasteiger partial charge in [-0.2, -0.15) is 0 Å². The van der Waals surface area contributed by atoms with Crippen LogP contribution in [0.3, 0.4) is 0 Å². The van der Waals surface area contributed by atoms with Gasteiger partial charge >= 0.3 is 12.2 Å². The van der Waals surface area contributed by atoms with E-state index < -0.39 is 35.1 Å². The molecule has 242 valence electrons. The van der Waals surface area contributed by atoms with E-state index in [0.717, 1.165) is 22.5 Å². The Bertz CT molecular complexity index is 1300. The van der Waals surface area contributed by atoms with Crippen LogP contribution in [0.15, 0.2) is 6.20 Å². The Morgan fingerprint density at radius 1 is 1.12 bits per heavy atom. The molecule has 1 aliphatic rings. The number of carbonyl (C=O) groups excluding carboxylic acids is 2. The third-order valence-corrected chi connectivity index (χ3v) is 8.27. The maximum atomic E-state index is 15.3. The zero-order valence-corrected chi connectivity index (χ0v) is 29.1. The van der Waals surface area contributed by atoms with Crippen molar-refractivity contribution < 1.29 is 28.2 Å². The first-order chi connectivity index (χ1) is 19.6. The quantitative estimate of drug-likeness (QED) is 0.302. The number of alkyl halides is 1. The highest BCUT2D eigenvalue weighted by Crippen LogP contribution is 2.44. The fraction of sp³-hybridized carbons (Fsp3) is 0.719. The van der Waals surface area contributed by atoms with Gasteiger partial charge < -0.3 is 19.1 Å². The number of amides is 1. The van der Waals surface area contributed by atoms with E-state index in [0.29, 0.717) is 29.5 Å². The Morgan fingerprint density at radius 3 is 2.26 bits per heavy atom. The summed E-state index contributed by atoms with van der Waals surface area (Å²) in [6.45, 7) is 22.7. The predicted molar refractivity (Wildman–Crippen MR) is 168 cm³/mol. The van der Waals surface area contributed by atoms with E-state index in [2.05, 4.69) is 11.8 Å². The molecule has 0 aromatic carbocycles.